The normalized spacial score (nSPS) is 15.2. The van der Waals surface area contributed by atoms with Gasteiger partial charge in [0.15, 0.2) is 0 Å². The van der Waals surface area contributed by atoms with Gasteiger partial charge in [0.1, 0.15) is 22.9 Å². The highest BCUT2D eigenvalue weighted by atomic mass is 19.3. The highest BCUT2D eigenvalue weighted by Crippen LogP contribution is 2.41. The third-order valence-electron chi connectivity index (χ3n) is 6.60. The van der Waals surface area contributed by atoms with Crippen molar-refractivity contribution in [3.05, 3.63) is 82.2 Å². The van der Waals surface area contributed by atoms with Crippen molar-refractivity contribution >= 4 is 28.3 Å². The number of pyridine rings is 1. The Bertz CT molecular complexity index is 1490. The van der Waals surface area contributed by atoms with Crippen LogP contribution in [-0.4, -0.2) is 49.6 Å². The molecule has 1 atom stereocenters. The second-order valence-corrected chi connectivity index (χ2v) is 9.66. The summed E-state index contributed by atoms with van der Waals surface area (Å²) in [5.41, 5.74) is -2.41. The van der Waals surface area contributed by atoms with Crippen molar-refractivity contribution in [1.82, 2.24) is 19.9 Å². The van der Waals surface area contributed by atoms with Crippen LogP contribution in [0, 0.1) is 5.82 Å². The molecule has 3 heterocycles. The van der Waals surface area contributed by atoms with Gasteiger partial charge in [-0.05, 0) is 43.5 Å². The fraction of sp³-hybridized carbons (Fsp3) is 0.333. The number of hydrogen-bond acceptors (Lipinski definition) is 6. The Kier molecular flexibility index (Phi) is 7.16. The van der Waals surface area contributed by atoms with Crippen molar-refractivity contribution in [2.45, 2.75) is 44.8 Å². The van der Waals surface area contributed by atoms with Crippen molar-refractivity contribution < 1.29 is 23.1 Å². The van der Waals surface area contributed by atoms with Crippen molar-refractivity contribution in [3.63, 3.8) is 0 Å². The molecule has 1 aliphatic rings. The molecule has 38 heavy (non-hydrogen) atoms. The molecule has 8 nitrogen and oxygen atoms in total. The Hall–Kier alpha value is -3.99. The van der Waals surface area contributed by atoms with E-state index in [0.29, 0.717) is 24.9 Å². The quantitative estimate of drug-likeness (QED) is 0.395. The zero-order valence-electron chi connectivity index (χ0n) is 21.2. The number of alkyl halides is 2. The van der Waals surface area contributed by atoms with Gasteiger partial charge in [0.25, 0.3) is 0 Å². The van der Waals surface area contributed by atoms with Crippen LogP contribution in [-0.2, 0) is 10.7 Å². The average molecular weight is 528 g/mol. The molecule has 1 aliphatic heterocycles. The lowest BCUT2D eigenvalue weighted by molar-refractivity contribution is -0.170. The fourth-order valence-corrected chi connectivity index (χ4v) is 4.31. The predicted octanol–water partition coefficient (Wildman–Crippen LogP) is 4.29. The van der Waals surface area contributed by atoms with Gasteiger partial charge < -0.3 is 15.3 Å². The van der Waals surface area contributed by atoms with Crippen LogP contribution in [0.4, 0.5) is 19.0 Å². The van der Waals surface area contributed by atoms with E-state index in [0.717, 1.165) is 31.1 Å². The van der Waals surface area contributed by atoms with Gasteiger partial charge in [0, 0.05) is 31.8 Å². The predicted molar refractivity (Wildman–Crippen MR) is 138 cm³/mol. The van der Waals surface area contributed by atoms with Gasteiger partial charge in [0.2, 0.25) is 5.91 Å². The molecule has 1 aromatic carbocycles. The minimum atomic E-state index is -3.88. The summed E-state index contributed by atoms with van der Waals surface area (Å²) in [6, 6.07) is 4.20. The number of aliphatic hydroxyl groups is 1. The van der Waals surface area contributed by atoms with Crippen LogP contribution in [0.3, 0.4) is 0 Å². The van der Waals surface area contributed by atoms with Gasteiger partial charge in [-0.25, -0.2) is 14.2 Å². The van der Waals surface area contributed by atoms with Crippen LogP contribution in [0.15, 0.2) is 54.0 Å². The monoisotopic (exact) mass is 527 g/mol. The molecule has 3 aromatic rings. The molecule has 0 aliphatic carbocycles. The Morgan fingerprint density at radius 1 is 1.34 bits per heavy atom. The van der Waals surface area contributed by atoms with Crippen molar-refractivity contribution in [2.24, 2.45) is 0 Å². The molecular weight excluding hydrogens is 499 g/mol. The fourth-order valence-electron chi connectivity index (χ4n) is 4.31. The number of aromatic nitrogens is 3. The molecular formula is C27H28F3N5O3. The van der Waals surface area contributed by atoms with Crippen LogP contribution in [0.1, 0.15) is 49.9 Å². The number of benzene rings is 1. The maximum Gasteiger partial charge on any atom is 0.348 e. The highest BCUT2D eigenvalue weighted by molar-refractivity contribution is 5.89. The Labute approximate surface area is 216 Å². The number of carbonyl (C=O) groups excluding carboxylic acids is 1. The Morgan fingerprint density at radius 3 is 2.68 bits per heavy atom. The number of anilines is 1. The molecule has 3 N–H and O–H groups in total. The first-order chi connectivity index (χ1) is 17.8. The SMILES string of the molecule is C=C[C@@H](Nc1nc(=O)[nH]c2ncc(C3=CCN(C(C)=O)CC3)cc12)c1cccc(C(F)(F)C(C)(C)O)c1F. The topological polar surface area (TPSA) is 111 Å². The summed E-state index contributed by atoms with van der Waals surface area (Å²) in [5, 5.41) is 13.3. The van der Waals surface area contributed by atoms with Crippen molar-refractivity contribution in [1.29, 1.82) is 0 Å². The van der Waals surface area contributed by atoms with Gasteiger partial charge in [-0.3, -0.25) is 9.78 Å². The lowest BCUT2D eigenvalue weighted by Crippen LogP contribution is -2.41. The first-order valence-corrected chi connectivity index (χ1v) is 12.0. The van der Waals surface area contributed by atoms with Crippen molar-refractivity contribution in [3.8, 4) is 0 Å². The number of halogens is 3. The van der Waals surface area contributed by atoms with Crippen LogP contribution in [0.25, 0.3) is 16.6 Å². The summed E-state index contributed by atoms with van der Waals surface area (Å²) in [4.78, 5) is 36.5. The number of amides is 1. The molecule has 2 aromatic heterocycles. The minimum absolute atomic E-state index is 0.0164. The van der Waals surface area contributed by atoms with Crippen LogP contribution in [0.2, 0.25) is 0 Å². The summed E-state index contributed by atoms with van der Waals surface area (Å²) in [6.07, 6.45) is 5.44. The maximum atomic E-state index is 15.4. The van der Waals surface area contributed by atoms with Gasteiger partial charge in [-0.2, -0.15) is 13.8 Å². The molecule has 0 saturated heterocycles. The molecule has 200 valence electrons. The summed E-state index contributed by atoms with van der Waals surface area (Å²) < 4.78 is 45.1. The summed E-state index contributed by atoms with van der Waals surface area (Å²) in [6.45, 7) is 8.02. The van der Waals surface area contributed by atoms with E-state index < -0.39 is 34.6 Å². The molecule has 0 unspecified atom stereocenters. The molecule has 0 fully saturated rings. The maximum absolute atomic E-state index is 15.4. The van der Waals surface area contributed by atoms with E-state index in [9.17, 15) is 23.5 Å². The standard InChI is InChI=1S/C27H28F3N5O3/c1-5-21(18-7-6-8-20(22(18)28)27(29,30)26(3,4)38)32-24-19-13-17(14-31-23(19)33-25(37)34-24)16-9-11-35(12-10-16)15(2)36/h5-9,13-14,21,38H,1,10-12H2,2-4H3,(H2,31,32,33,34,37)/t21-/m1/s1. The number of fused-ring (bicyclic) bond motifs is 1. The summed E-state index contributed by atoms with van der Waals surface area (Å²) in [5.74, 6) is -5.05. The molecule has 0 radical (unpaired) electrons. The second kappa shape index (κ2) is 10.1. The van der Waals surface area contributed by atoms with E-state index in [-0.39, 0.29) is 22.9 Å². The number of carbonyl (C=O) groups is 1. The number of H-pyrrole nitrogens is 1. The van der Waals surface area contributed by atoms with Gasteiger partial charge in [0.05, 0.1) is 17.0 Å². The number of aromatic amines is 1. The number of nitrogens with one attached hydrogen (secondary N) is 2. The lowest BCUT2D eigenvalue weighted by Gasteiger charge is -2.30. The minimum Gasteiger partial charge on any atom is -0.384 e. The Balaban J connectivity index is 1.74. The summed E-state index contributed by atoms with van der Waals surface area (Å²) >= 11 is 0. The third-order valence-corrected chi connectivity index (χ3v) is 6.60. The van der Waals surface area contributed by atoms with Crippen LogP contribution >= 0.6 is 0 Å². The van der Waals surface area contributed by atoms with E-state index in [1.807, 2.05) is 6.08 Å². The van der Waals surface area contributed by atoms with Crippen molar-refractivity contribution in [2.75, 3.05) is 18.4 Å². The number of nitrogens with zero attached hydrogens (tertiary/aromatic N) is 3. The summed E-state index contributed by atoms with van der Waals surface area (Å²) in [7, 11) is 0. The molecule has 1 amide bonds. The molecule has 11 heteroatoms. The second-order valence-electron chi connectivity index (χ2n) is 9.66. The Morgan fingerprint density at radius 2 is 2.08 bits per heavy atom. The lowest BCUT2D eigenvalue weighted by atomic mass is 9.90. The van der Waals surface area contributed by atoms with E-state index in [2.05, 4.69) is 26.8 Å². The molecule has 0 bridgehead atoms. The zero-order valence-corrected chi connectivity index (χ0v) is 21.2. The molecule has 0 saturated carbocycles. The number of hydrogen-bond donors (Lipinski definition) is 3. The van der Waals surface area contributed by atoms with E-state index in [1.54, 1.807) is 17.2 Å². The van der Waals surface area contributed by atoms with Gasteiger partial charge in [-0.15, -0.1) is 6.58 Å². The first-order valence-electron chi connectivity index (χ1n) is 12.0. The smallest absolute Gasteiger partial charge is 0.348 e. The molecule has 0 spiro atoms. The van der Waals surface area contributed by atoms with E-state index >= 15 is 4.39 Å². The largest absolute Gasteiger partial charge is 0.384 e. The molecule has 4 rings (SSSR count). The van der Waals surface area contributed by atoms with E-state index in [1.165, 1.54) is 25.1 Å². The zero-order chi connectivity index (χ0) is 27.8. The highest BCUT2D eigenvalue weighted by Gasteiger charge is 2.49. The first kappa shape index (κ1) is 27.1. The number of rotatable bonds is 7. The van der Waals surface area contributed by atoms with E-state index in [4.69, 9.17) is 0 Å². The van der Waals surface area contributed by atoms with Crippen LogP contribution < -0.4 is 11.0 Å². The average Bonchev–Trinajstić information content (AvgIpc) is 2.86. The third kappa shape index (κ3) is 5.06. The van der Waals surface area contributed by atoms with Gasteiger partial charge >= 0.3 is 11.6 Å². The van der Waals surface area contributed by atoms with Gasteiger partial charge in [-0.1, -0.05) is 24.3 Å². The van der Waals surface area contributed by atoms with Crippen LogP contribution in [0.5, 0.6) is 0 Å².